The molecule has 0 amide bonds. The van der Waals surface area contributed by atoms with Gasteiger partial charge in [-0.15, -0.1) is 0 Å². The molecule has 2 heterocycles. The van der Waals surface area contributed by atoms with Gasteiger partial charge in [0, 0.05) is 17.7 Å². The molecule has 2 aliphatic heterocycles. The fraction of sp³-hybridized carbons (Fsp3) is 0.667. The van der Waals surface area contributed by atoms with Crippen molar-refractivity contribution in [2.24, 2.45) is 0 Å². The first-order chi connectivity index (χ1) is 11.3. The minimum absolute atomic E-state index is 0.0472. The van der Waals surface area contributed by atoms with E-state index < -0.39 is 0 Å². The molecule has 0 saturated carbocycles. The van der Waals surface area contributed by atoms with Gasteiger partial charge in [-0.3, -0.25) is 0 Å². The summed E-state index contributed by atoms with van der Waals surface area (Å²) < 4.78 is 23.9. The lowest BCUT2D eigenvalue weighted by atomic mass is 10.1. The molecule has 2 atom stereocenters. The summed E-state index contributed by atoms with van der Waals surface area (Å²) in [7, 11) is 0. The SMILES string of the molecule is Brc1cc(COC2CCCCO2)ccc1COC1CCCCO1. The highest BCUT2D eigenvalue weighted by Gasteiger charge is 2.16. The van der Waals surface area contributed by atoms with Crippen LogP contribution in [-0.4, -0.2) is 25.8 Å². The van der Waals surface area contributed by atoms with Gasteiger partial charge < -0.3 is 18.9 Å². The monoisotopic (exact) mass is 384 g/mol. The van der Waals surface area contributed by atoms with Crippen molar-refractivity contribution >= 4 is 15.9 Å². The van der Waals surface area contributed by atoms with Gasteiger partial charge in [0.15, 0.2) is 12.6 Å². The normalized spacial score (nSPS) is 25.4. The standard InChI is InChI=1S/C18H25BrO4/c19-16-11-14(12-22-17-5-1-3-9-20-17)7-8-15(16)13-23-18-6-2-4-10-21-18/h7-8,11,17-18H,1-6,9-10,12-13H2. The van der Waals surface area contributed by atoms with Crippen molar-refractivity contribution in [1.82, 2.24) is 0 Å². The van der Waals surface area contributed by atoms with Gasteiger partial charge in [-0.25, -0.2) is 0 Å². The number of ether oxygens (including phenoxy) is 4. The Kier molecular flexibility index (Phi) is 6.90. The molecule has 128 valence electrons. The Morgan fingerprint density at radius 1 is 0.913 bits per heavy atom. The van der Waals surface area contributed by atoms with E-state index >= 15 is 0 Å². The highest BCUT2D eigenvalue weighted by atomic mass is 79.9. The van der Waals surface area contributed by atoms with Crippen molar-refractivity contribution in [3.63, 3.8) is 0 Å². The van der Waals surface area contributed by atoms with E-state index in [2.05, 4.69) is 34.1 Å². The van der Waals surface area contributed by atoms with Crippen LogP contribution in [0.2, 0.25) is 0 Å². The van der Waals surface area contributed by atoms with Gasteiger partial charge in [0.1, 0.15) is 0 Å². The number of hydrogen-bond acceptors (Lipinski definition) is 4. The van der Waals surface area contributed by atoms with Crippen LogP contribution in [0, 0.1) is 0 Å². The van der Waals surface area contributed by atoms with Gasteiger partial charge in [-0.05, 0) is 55.7 Å². The van der Waals surface area contributed by atoms with E-state index in [1.807, 2.05) is 0 Å². The first-order valence-corrected chi connectivity index (χ1v) is 9.34. The van der Waals surface area contributed by atoms with Crippen LogP contribution in [0.1, 0.15) is 49.7 Å². The fourth-order valence-electron chi connectivity index (χ4n) is 2.85. The summed E-state index contributed by atoms with van der Waals surface area (Å²) in [6.45, 7) is 2.77. The van der Waals surface area contributed by atoms with Gasteiger partial charge in [-0.1, -0.05) is 28.1 Å². The van der Waals surface area contributed by atoms with Gasteiger partial charge >= 0.3 is 0 Å². The van der Waals surface area contributed by atoms with Crippen LogP contribution in [0.4, 0.5) is 0 Å². The van der Waals surface area contributed by atoms with Crippen molar-refractivity contribution < 1.29 is 18.9 Å². The molecule has 2 fully saturated rings. The quantitative estimate of drug-likeness (QED) is 0.721. The molecule has 1 aromatic rings. The lowest BCUT2D eigenvalue weighted by molar-refractivity contribution is -0.169. The van der Waals surface area contributed by atoms with Gasteiger partial charge in [-0.2, -0.15) is 0 Å². The molecule has 5 heteroatoms. The maximum atomic E-state index is 5.84. The highest BCUT2D eigenvalue weighted by Crippen LogP contribution is 2.23. The zero-order chi connectivity index (χ0) is 15.9. The predicted molar refractivity (Wildman–Crippen MR) is 90.9 cm³/mol. The second-order valence-corrected chi connectivity index (χ2v) is 6.99. The summed E-state index contributed by atoms with van der Waals surface area (Å²) >= 11 is 3.63. The minimum atomic E-state index is -0.0536. The molecule has 2 aliphatic rings. The summed E-state index contributed by atoms with van der Waals surface area (Å²) in [4.78, 5) is 0. The second-order valence-electron chi connectivity index (χ2n) is 6.14. The van der Waals surface area contributed by atoms with Crippen LogP contribution in [-0.2, 0) is 32.2 Å². The predicted octanol–water partition coefficient (Wildman–Crippen LogP) is 4.54. The van der Waals surface area contributed by atoms with Crippen molar-refractivity contribution in [3.8, 4) is 0 Å². The van der Waals surface area contributed by atoms with Crippen LogP contribution < -0.4 is 0 Å². The van der Waals surface area contributed by atoms with E-state index in [-0.39, 0.29) is 12.6 Å². The number of rotatable bonds is 6. The third-order valence-corrected chi connectivity index (χ3v) is 4.99. The summed E-state index contributed by atoms with van der Waals surface area (Å²) in [6, 6.07) is 6.28. The van der Waals surface area contributed by atoms with E-state index in [0.717, 1.165) is 54.5 Å². The molecule has 2 unspecified atom stereocenters. The first kappa shape index (κ1) is 17.4. The summed E-state index contributed by atoms with van der Waals surface area (Å²) in [5.74, 6) is 0. The third kappa shape index (κ3) is 5.54. The lowest BCUT2D eigenvalue weighted by Crippen LogP contribution is -2.22. The first-order valence-electron chi connectivity index (χ1n) is 8.55. The zero-order valence-electron chi connectivity index (χ0n) is 13.5. The Morgan fingerprint density at radius 2 is 1.57 bits per heavy atom. The molecular weight excluding hydrogens is 360 g/mol. The van der Waals surface area contributed by atoms with E-state index in [4.69, 9.17) is 18.9 Å². The number of benzene rings is 1. The average Bonchev–Trinajstić information content (AvgIpc) is 2.61. The van der Waals surface area contributed by atoms with E-state index in [1.165, 1.54) is 12.8 Å². The van der Waals surface area contributed by atoms with Crippen LogP contribution in [0.15, 0.2) is 22.7 Å². The van der Waals surface area contributed by atoms with Crippen molar-refractivity contribution in [2.45, 2.75) is 64.3 Å². The van der Waals surface area contributed by atoms with Gasteiger partial charge in [0.2, 0.25) is 0 Å². The molecule has 0 aliphatic carbocycles. The van der Waals surface area contributed by atoms with Gasteiger partial charge in [0.05, 0.1) is 13.2 Å². The molecule has 1 aromatic carbocycles. The smallest absolute Gasteiger partial charge is 0.158 e. The summed E-state index contributed by atoms with van der Waals surface area (Å²) in [5.41, 5.74) is 2.28. The minimum Gasteiger partial charge on any atom is -0.353 e. The zero-order valence-corrected chi connectivity index (χ0v) is 15.1. The fourth-order valence-corrected chi connectivity index (χ4v) is 3.40. The average molecular weight is 385 g/mol. The van der Waals surface area contributed by atoms with Crippen LogP contribution in [0.3, 0.4) is 0 Å². The third-order valence-electron chi connectivity index (χ3n) is 4.25. The van der Waals surface area contributed by atoms with E-state index in [0.29, 0.717) is 13.2 Å². The second kappa shape index (κ2) is 9.14. The Morgan fingerprint density at radius 3 is 2.13 bits per heavy atom. The number of halogens is 1. The molecule has 0 spiro atoms. The van der Waals surface area contributed by atoms with Crippen LogP contribution >= 0.6 is 15.9 Å². The van der Waals surface area contributed by atoms with Crippen LogP contribution in [0.25, 0.3) is 0 Å². The summed E-state index contributed by atoms with van der Waals surface area (Å²) in [5, 5.41) is 0. The topological polar surface area (TPSA) is 36.9 Å². The molecule has 23 heavy (non-hydrogen) atoms. The van der Waals surface area contributed by atoms with Crippen molar-refractivity contribution in [1.29, 1.82) is 0 Å². The molecular formula is C18H25BrO4. The largest absolute Gasteiger partial charge is 0.353 e. The molecule has 4 nitrogen and oxygen atoms in total. The Bertz CT molecular complexity index is 482. The lowest BCUT2D eigenvalue weighted by Gasteiger charge is -2.23. The van der Waals surface area contributed by atoms with Crippen molar-refractivity contribution in [2.75, 3.05) is 13.2 Å². The Hall–Kier alpha value is -0.460. The van der Waals surface area contributed by atoms with Crippen molar-refractivity contribution in [3.05, 3.63) is 33.8 Å². The maximum Gasteiger partial charge on any atom is 0.158 e. The summed E-state index contributed by atoms with van der Waals surface area (Å²) in [6.07, 6.45) is 6.54. The van der Waals surface area contributed by atoms with E-state index in [1.54, 1.807) is 0 Å². The van der Waals surface area contributed by atoms with Gasteiger partial charge in [0.25, 0.3) is 0 Å². The molecule has 0 N–H and O–H groups in total. The Balaban J connectivity index is 1.46. The molecule has 0 aromatic heterocycles. The molecule has 0 radical (unpaired) electrons. The molecule has 0 bridgehead atoms. The molecule has 3 rings (SSSR count). The highest BCUT2D eigenvalue weighted by molar-refractivity contribution is 9.10. The van der Waals surface area contributed by atoms with E-state index in [9.17, 15) is 0 Å². The Labute approximate surface area is 146 Å². The maximum absolute atomic E-state index is 5.84. The number of hydrogen-bond donors (Lipinski definition) is 0. The molecule has 2 saturated heterocycles. The van der Waals surface area contributed by atoms with Crippen LogP contribution in [0.5, 0.6) is 0 Å².